The molecule has 0 bridgehead atoms. The van der Waals surface area contributed by atoms with Gasteiger partial charge in [-0.15, -0.1) is 0 Å². The number of rotatable bonds is 10. The van der Waals surface area contributed by atoms with Crippen molar-refractivity contribution in [3.8, 4) is 5.75 Å². The van der Waals surface area contributed by atoms with Gasteiger partial charge in [0, 0.05) is 17.1 Å². The van der Waals surface area contributed by atoms with E-state index < -0.39 is 0 Å². The lowest BCUT2D eigenvalue weighted by atomic mass is 9.79. The lowest BCUT2D eigenvalue weighted by molar-refractivity contribution is 0.00578. The van der Waals surface area contributed by atoms with Crippen molar-refractivity contribution in [1.29, 1.82) is 0 Å². The van der Waals surface area contributed by atoms with Gasteiger partial charge in [0.1, 0.15) is 5.75 Å². The molecule has 0 aromatic heterocycles. The summed E-state index contributed by atoms with van der Waals surface area (Å²) in [5.41, 5.74) is 4.81. The van der Waals surface area contributed by atoms with Crippen LogP contribution in [0.25, 0.3) is 0 Å². The molecule has 4 rings (SSSR count). The quantitative estimate of drug-likeness (QED) is 0.217. The summed E-state index contributed by atoms with van der Waals surface area (Å²) in [5, 5.41) is 0. The molecule has 36 heavy (non-hydrogen) atoms. The Hall–Kier alpha value is -2.76. The molecule has 190 valence electrons. The van der Waals surface area contributed by atoms with Crippen LogP contribution in [0.4, 0.5) is 17.1 Å². The second kappa shape index (κ2) is 11.1. The van der Waals surface area contributed by atoms with Crippen molar-refractivity contribution in [3.63, 3.8) is 0 Å². The van der Waals surface area contributed by atoms with Crippen LogP contribution in [-0.4, -0.2) is 24.9 Å². The summed E-state index contributed by atoms with van der Waals surface area (Å²) in [6.45, 7) is 13.4. The van der Waals surface area contributed by atoms with E-state index in [-0.39, 0.29) is 18.3 Å². The van der Waals surface area contributed by atoms with E-state index in [0.717, 1.165) is 41.3 Å². The molecule has 5 heteroatoms. The minimum Gasteiger partial charge on any atom is -0.494 e. The molecule has 0 N–H and O–H groups in total. The minimum atomic E-state index is -0.370. The number of anilines is 3. The van der Waals surface area contributed by atoms with Crippen molar-refractivity contribution in [2.45, 2.75) is 78.4 Å². The molecule has 1 aliphatic heterocycles. The zero-order valence-corrected chi connectivity index (χ0v) is 22.7. The SMILES string of the molecule is CCCCCCOc1ccc(N(c2ccc(C)cc2)c2ccc(B3OC(C)(C)C(C)(C)O3)cc2)cc1. The summed E-state index contributed by atoms with van der Waals surface area (Å²) < 4.78 is 18.5. The first-order valence-corrected chi connectivity index (χ1v) is 13.3. The molecule has 1 aliphatic rings. The molecule has 3 aromatic carbocycles. The van der Waals surface area contributed by atoms with Crippen molar-refractivity contribution >= 4 is 29.6 Å². The van der Waals surface area contributed by atoms with Gasteiger partial charge in [0.05, 0.1) is 17.8 Å². The predicted molar refractivity (Wildman–Crippen MR) is 151 cm³/mol. The molecular formula is C31H40BNO3. The molecule has 1 saturated heterocycles. The van der Waals surface area contributed by atoms with Gasteiger partial charge in [0.25, 0.3) is 0 Å². The van der Waals surface area contributed by atoms with Crippen LogP contribution in [0.1, 0.15) is 65.9 Å². The van der Waals surface area contributed by atoms with Gasteiger partial charge in [0.2, 0.25) is 0 Å². The van der Waals surface area contributed by atoms with Crippen LogP contribution >= 0.6 is 0 Å². The van der Waals surface area contributed by atoms with Gasteiger partial charge >= 0.3 is 7.12 Å². The van der Waals surface area contributed by atoms with E-state index in [9.17, 15) is 0 Å². The third kappa shape index (κ3) is 5.96. The molecule has 0 saturated carbocycles. The van der Waals surface area contributed by atoms with E-state index in [1.54, 1.807) is 0 Å². The first-order valence-electron chi connectivity index (χ1n) is 13.3. The number of hydrogen-bond acceptors (Lipinski definition) is 4. The predicted octanol–water partition coefficient (Wildman–Crippen LogP) is 7.72. The van der Waals surface area contributed by atoms with E-state index in [0.29, 0.717) is 0 Å². The fourth-order valence-electron chi connectivity index (χ4n) is 4.31. The molecule has 0 aliphatic carbocycles. The Morgan fingerprint density at radius 3 is 1.72 bits per heavy atom. The molecule has 4 nitrogen and oxygen atoms in total. The van der Waals surface area contributed by atoms with Gasteiger partial charge in [-0.1, -0.05) is 56.0 Å². The highest BCUT2D eigenvalue weighted by Crippen LogP contribution is 2.38. The number of ether oxygens (including phenoxy) is 1. The van der Waals surface area contributed by atoms with Gasteiger partial charge in [-0.05, 0) is 95.0 Å². The smallest absolute Gasteiger partial charge is 0.494 e. The highest BCUT2D eigenvalue weighted by Gasteiger charge is 2.51. The van der Waals surface area contributed by atoms with Gasteiger partial charge in [-0.25, -0.2) is 0 Å². The molecule has 0 radical (unpaired) electrons. The van der Waals surface area contributed by atoms with Crippen molar-refractivity contribution in [3.05, 3.63) is 78.4 Å². The molecule has 1 fully saturated rings. The van der Waals surface area contributed by atoms with Gasteiger partial charge in [0.15, 0.2) is 0 Å². The topological polar surface area (TPSA) is 30.9 Å². The number of nitrogens with zero attached hydrogens (tertiary/aromatic N) is 1. The van der Waals surface area contributed by atoms with E-state index in [1.165, 1.54) is 24.8 Å². The Morgan fingerprint density at radius 1 is 0.694 bits per heavy atom. The molecule has 0 spiro atoms. The normalized spacial score (nSPS) is 16.2. The van der Waals surface area contributed by atoms with Crippen LogP contribution in [0.5, 0.6) is 5.75 Å². The molecule has 0 unspecified atom stereocenters. The average molecular weight is 485 g/mol. The van der Waals surface area contributed by atoms with E-state index in [2.05, 4.69) is 119 Å². The Balaban J connectivity index is 1.55. The molecule has 3 aromatic rings. The van der Waals surface area contributed by atoms with E-state index in [4.69, 9.17) is 14.0 Å². The van der Waals surface area contributed by atoms with Crippen molar-refractivity contribution in [1.82, 2.24) is 0 Å². The van der Waals surface area contributed by atoms with E-state index >= 15 is 0 Å². The van der Waals surface area contributed by atoms with Crippen molar-refractivity contribution < 1.29 is 14.0 Å². The monoisotopic (exact) mass is 485 g/mol. The lowest BCUT2D eigenvalue weighted by Crippen LogP contribution is -2.41. The van der Waals surface area contributed by atoms with Gasteiger partial charge < -0.3 is 18.9 Å². The maximum Gasteiger partial charge on any atom is 0.494 e. The summed E-state index contributed by atoms with van der Waals surface area (Å²) in [6, 6.07) is 25.5. The minimum absolute atomic E-state index is 0.357. The van der Waals surface area contributed by atoms with Crippen molar-refractivity contribution in [2.75, 3.05) is 11.5 Å². The fraction of sp³-hybridized carbons (Fsp3) is 0.419. The number of hydrogen-bond donors (Lipinski definition) is 0. The summed E-state index contributed by atoms with van der Waals surface area (Å²) in [6.07, 6.45) is 4.82. The van der Waals surface area contributed by atoms with Crippen molar-refractivity contribution in [2.24, 2.45) is 0 Å². The van der Waals surface area contributed by atoms with Crippen LogP contribution in [0.3, 0.4) is 0 Å². The Morgan fingerprint density at radius 2 is 1.19 bits per heavy atom. The third-order valence-corrected chi connectivity index (χ3v) is 7.33. The standard InChI is InChI=1S/C31H40BNO3/c1-7-8-9-10-23-34-29-21-19-28(20-22-29)33(26-15-11-24(2)12-16-26)27-17-13-25(14-18-27)32-35-30(3,4)31(5,6)36-32/h11-22H,7-10,23H2,1-6H3. The zero-order valence-electron chi connectivity index (χ0n) is 22.7. The largest absolute Gasteiger partial charge is 0.494 e. The molecule has 0 amide bonds. The Kier molecular flexibility index (Phi) is 8.12. The summed E-state index contributed by atoms with van der Waals surface area (Å²) in [4.78, 5) is 2.26. The second-order valence-electron chi connectivity index (χ2n) is 10.8. The van der Waals surface area contributed by atoms with Crippen LogP contribution in [-0.2, 0) is 9.31 Å². The summed E-state index contributed by atoms with van der Waals surface area (Å²) in [7, 11) is -0.370. The maximum absolute atomic E-state index is 6.25. The van der Waals surface area contributed by atoms with Crippen LogP contribution in [0.2, 0.25) is 0 Å². The zero-order chi connectivity index (χ0) is 25.8. The number of benzene rings is 3. The maximum atomic E-state index is 6.25. The molecule has 1 heterocycles. The lowest BCUT2D eigenvalue weighted by Gasteiger charge is -2.32. The van der Waals surface area contributed by atoms with Crippen LogP contribution in [0, 0.1) is 6.92 Å². The highest BCUT2D eigenvalue weighted by molar-refractivity contribution is 6.62. The van der Waals surface area contributed by atoms with Crippen LogP contribution in [0.15, 0.2) is 72.8 Å². The van der Waals surface area contributed by atoms with Gasteiger partial charge in [-0.2, -0.15) is 0 Å². The molecular weight excluding hydrogens is 445 g/mol. The second-order valence-corrected chi connectivity index (χ2v) is 10.8. The highest BCUT2D eigenvalue weighted by atomic mass is 16.7. The summed E-state index contributed by atoms with van der Waals surface area (Å²) in [5.74, 6) is 0.912. The number of aryl methyl sites for hydroxylation is 1. The number of unbranched alkanes of at least 4 members (excludes halogenated alkanes) is 3. The first kappa shape index (κ1) is 26.3. The molecule has 0 atom stereocenters. The fourth-order valence-corrected chi connectivity index (χ4v) is 4.31. The third-order valence-electron chi connectivity index (χ3n) is 7.33. The Bertz CT molecular complexity index is 1090. The Labute approximate surface area is 217 Å². The van der Waals surface area contributed by atoms with Crippen LogP contribution < -0.4 is 15.1 Å². The summed E-state index contributed by atoms with van der Waals surface area (Å²) >= 11 is 0. The average Bonchev–Trinajstić information content (AvgIpc) is 3.08. The first-order chi connectivity index (χ1) is 17.2. The van der Waals surface area contributed by atoms with E-state index in [1.807, 2.05) is 0 Å². The van der Waals surface area contributed by atoms with Gasteiger partial charge in [-0.3, -0.25) is 0 Å².